The molecule has 0 amide bonds. The predicted octanol–water partition coefficient (Wildman–Crippen LogP) is 3.42. The first kappa shape index (κ1) is 21.7. The number of benzene rings is 1. The fourth-order valence-electron chi connectivity index (χ4n) is 1.95. The fraction of sp³-hybridized carbons (Fsp3) is 0.529. The lowest BCUT2D eigenvalue weighted by molar-refractivity contribution is 0.00694. The lowest BCUT2D eigenvalue weighted by Gasteiger charge is -2.20. The third-order valence-electron chi connectivity index (χ3n) is 3.07. The summed E-state index contributed by atoms with van der Waals surface area (Å²) in [7, 11) is 0. The molecule has 0 saturated carbocycles. The molecule has 0 fully saturated rings. The van der Waals surface area contributed by atoms with Crippen molar-refractivity contribution in [1.29, 1.82) is 0 Å². The van der Waals surface area contributed by atoms with Gasteiger partial charge < -0.3 is 15.4 Å². The van der Waals surface area contributed by atoms with Gasteiger partial charge in [-0.2, -0.15) is 0 Å². The van der Waals surface area contributed by atoms with E-state index in [1.54, 1.807) is 12.1 Å². The molecule has 0 aliphatic heterocycles. The molecule has 1 rings (SSSR count). The van der Waals surface area contributed by atoms with Crippen molar-refractivity contribution in [3.05, 3.63) is 35.4 Å². The smallest absolute Gasteiger partial charge is 0.338 e. The Morgan fingerprint density at radius 3 is 2.39 bits per heavy atom. The first-order valence-electron chi connectivity index (χ1n) is 7.64. The van der Waals surface area contributed by atoms with Crippen molar-refractivity contribution in [3.63, 3.8) is 0 Å². The Morgan fingerprint density at radius 2 is 1.87 bits per heavy atom. The molecular formula is C17H28IN3O2. The van der Waals surface area contributed by atoms with Crippen LogP contribution in [0.2, 0.25) is 0 Å². The summed E-state index contributed by atoms with van der Waals surface area (Å²) >= 11 is 0. The normalized spacial score (nSPS) is 11.6. The Balaban J connectivity index is 0.00000484. The van der Waals surface area contributed by atoms with Gasteiger partial charge in [0, 0.05) is 13.1 Å². The van der Waals surface area contributed by atoms with Crippen LogP contribution in [0.3, 0.4) is 0 Å². The van der Waals surface area contributed by atoms with Gasteiger partial charge in [0.15, 0.2) is 5.96 Å². The first-order chi connectivity index (χ1) is 10.3. The Morgan fingerprint density at radius 1 is 1.26 bits per heavy atom. The molecule has 130 valence electrons. The van der Waals surface area contributed by atoms with E-state index >= 15 is 0 Å². The lowest BCUT2D eigenvalue weighted by atomic mass is 10.1. The van der Waals surface area contributed by atoms with Gasteiger partial charge in [-0.05, 0) is 52.3 Å². The van der Waals surface area contributed by atoms with Gasteiger partial charge in [0.2, 0.25) is 0 Å². The maximum atomic E-state index is 12.1. The largest absolute Gasteiger partial charge is 0.456 e. The van der Waals surface area contributed by atoms with Crippen LogP contribution in [0, 0.1) is 0 Å². The Labute approximate surface area is 156 Å². The second kappa shape index (κ2) is 9.75. The van der Waals surface area contributed by atoms with E-state index in [-0.39, 0.29) is 29.9 Å². The standard InChI is InChI=1S/C17H27N3O2.HI/c1-6-20(7-2)16(18)19-12-13-9-8-10-14(11-13)15(21)22-17(3,4)5;/h8-11H,6-7,12H2,1-5H3,(H2,18,19);1H. The lowest BCUT2D eigenvalue weighted by Crippen LogP contribution is -2.37. The van der Waals surface area contributed by atoms with E-state index in [0.29, 0.717) is 18.1 Å². The molecule has 0 saturated heterocycles. The Hall–Kier alpha value is -1.31. The number of ether oxygens (including phenoxy) is 1. The zero-order valence-corrected chi connectivity index (χ0v) is 17.0. The molecule has 2 N–H and O–H groups in total. The number of hydrogen-bond donors (Lipinski definition) is 1. The number of nitrogens with two attached hydrogens (primary N) is 1. The molecule has 0 aliphatic rings. The highest BCUT2D eigenvalue weighted by Crippen LogP contribution is 2.14. The summed E-state index contributed by atoms with van der Waals surface area (Å²) in [4.78, 5) is 18.4. The van der Waals surface area contributed by atoms with Crippen molar-refractivity contribution < 1.29 is 9.53 Å². The van der Waals surface area contributed by atoms with E-state index in [0.717, 1.165) is 18.7 Å². The van der Waals surface area contributed by atoms with Gasteiger partial charge in [0.05, 0.1) is 12.1 Å². The number of carbonyl (C=O) groups excluding carboxylic acids is 1. The number of nitrogens with zero attached hydrogens (tertiary/aromatic N) is 2. The van der Waals surface area contributed by atoms with Gasteiger partial charge in [-0.3, -0.25) is 0 Å². The van der Waals surface area contributed by atoms with Gasteiger partial charge >= 0.3 is 5.97 Å². The fourth-order valence-corrected chi connectivity index (χ4v) is 1.95. The van der Waals surface area contributed by atoms with Crippen molar-refractivity contribution in [3.8, 4) is 0 Å². The van der Waals surface area contributed by atoms with E-state index in [2.05, 4.69) is 4.99 Å². The topological polar surface area (TPSA) is 67.9 Å². The molecule has 23 heavy (non-hydrogen) atoms. The molecule has 0 spiro atoms. The summed E-state index contributed by atoms with van der Waals surface area (Å²) in [6.07, 6.45) is 0. The van der Waals surface area contributed by atoms with E-state index in [4.69, 9.17) is 10.5 Å². The molecule has 0 bridgehead atoms. The highest BCUT2D eigenvalue weighted by Gasteiger charge is 2.17. The van der Waals surface area contributed by atoms with E-state index in [9.17, 15) is 4.79 Å². The van der Waals surface area contributed by atoms with Gasteiger partial charge in [-0.1, -0.05) is 12.1 Å². The molecule has 5 nitrogen and oxygen atoms in total. The van der Waals surface area contributed by atoms with Crippen LogP contribution in [0.5, 0.6) is 0 Å². The van der Waals surface area contributed by atoms with E-state index < -0.39 is 5.60 Å². The quantitative estimate of drug-likeness (QED) is 0.335. The number of aliphatic imine (C=N–C) groups is 1. The second-order valence-electron chi connectivity index (χ2n) is 6.05. The van der Waals surface area contributed by atoms with E-state index in [1.165, 1.54) is 0 Å². The van der Waals surface area contributed by atoms with Crippen molar-refractivity contribution in [1.82, 2.24) is 4.90 Å². The molecule has 0 aromatic heterocycles. The molecule has 0 heterocycles. The number of carbonyl (C=O) groups is 1. The number of hydrogen-bond acceptors (Lipinski definition) is 3. The summed E-state index contributed by atoms with van der Waals surface area (Å²) in [6.45, 7) is 11.7. The minimum Gasteiger partial charge on any atom is -0.456 e. The van der Waals surface area contributed by atoms with Crippen molar-refractivity contribution in [2.24, 2.45) is 10.7 Å². The summed E-state index contributed by atoms with van der Waals surface area (Å²) < 4.78 is 5.37. The maximum Gasteiger partial charge on any atom is 0.338 e. The summed E-state index contributed by atoms with van der Waals surface area (Å²) in [5.74, 6) is 0.197. The van der Waals surface area contributed by atoms with Crippen LogP contribution in [0.25, 0.3) is 0 Å². The van der Waals surface area contributed by atoms with Crippen molar-refractivity contribution in [2.45, 2.75) is 46.8 Å². The van der Waals surface area contributed by atoms with Crippen LogP contribution in [0.4, 0.5) is 0 Å². The summed E-state index contributed by atoms with van der Waals surface area (Å²) in [5, 5.41) is 0. The third kappa shape index (κ3) is 7.67. The zero-order chi connectivity index (χ0) is 16.8. The van der Waals surface area contributed by atoms with Gasteiger partial charge in [-0.25, -0.2) is 9.79 Å². The minimum absolute atomic E-state index is 0. The third-order valence-corrected chi connectivity index (χ3v) is 3.07. The molecular weight excluding hydrogens is 405 g/mol. The Kier molecular flexibility index (Phi) is 9.19. The van der Waals surface area contributed by atoms with Crippen molar-refractivity contribution >= 4 is 35.9 Å². The number of rotatable bonds is 5. The molecule has 0 aliphatic carbocycles. The van der Waals surface area contributed by atoms with Crippen LogP contribution in [-0.2, 0) is 11.3 Å². The van der Waals surface area contributed by atoms with Gasteiger partial charge in [0.1, 0.15) is 5.60 Å². The Bertz CT molecular complexity index is 535. The molecule has 6 heteroatoms. The average molecular weight is 433 g/mol. The van der Waals surface area contributed by atoms with Crippen LogP contribution in [0.15, 0.2) is 29.3 Å². The SMILES string of the molecule is CCN(CC)C(N)=NCc1cccc(C(=O)OC(C)(C)C)c1.I. The molecule has 0 radical (unpaired) electrons. The molecule has 0 atom stereocenters. The monoisotopic (exact) mass is 433 g/mol. The number of halogens is 1. The van der Waals surface area contributed by atoms with Crippen LogP contribution >= 0.6 is 24.0 Å². The van der Waals surface area contributed by atoms with Gasteiger partial charge in [-0.15, -0.1) is 24.0 Å². The predicted molar refractivity (Wildman–Crippen MR) is 105 cm³/mol. The first-order valence-corrected chi connectivity index (χ1v) is 7.64. The van der Waals surface area contributed by atoms with E-state index in [1.807, 2.05) is 51.7 Å². The van der Waals surface area contributed by atoms with Gasteiger partial charge in [0.25, 0.3) is 0 Å². The highest BCUT2D eigenvalue weighted by molar-refractivity contribution is 14.0. The second-order valence-corrected chi connectivity index (χ2v) is 6.05. The molecule has 1 aromatic rings. The number of esters is 1. The zero-order valence-electron chi connectivity index (χ0n) is 14.6. The van der Waals surface area contributed by atoms with Crippen LogP contribution in [-0.4, -0.2) is 35.5 Å². The summed E-state index contributed by atoms with van der Waals surface area (Å²) in [6, 6.07) is 7.30. The average Bonchev–Trinajstić information content (AvgIpc) is 2.45. The number of guanidine groups is 1. The van der Waals surface area contributed by atoms with Crippen LogP contribution in [0.1, 0.15) is 50.5 Å². The van der Waals surface area contributed by atoms with Crippen molar-refractivity contribution in [2.75, 3.05) is 13.1 Å². The summed E-state index contributed by atoms with van der Waals surface area (Å²) in [5.41, 5.74) is 6.91. The minimum atomic E-state index is -0.502. The molecule has 1 aromatic carbocycles. The molecule has 0 unspecified atom stereocenters. The maximum absolute atomic E-state index is 12.1. The highest BCUT2D eigenvalue weighted by atomic mass is 127. The van der Waals surface area contributed by atoms with Crippen LogP contribution < -0.4 is 5.73 Å².